The highest BCUT2D eigenvalue weighted by Crippen LogP contribution is 2.11. The minimum Gasteiger partial charge on any atom is -0.473 e. The first-order valence-corrected chi connectivity index (χ1v) is 9.94. The molecule has 164 valence electrons. The smallest absolute Gasteiger partial charge is 0.270 e. The molecule has 0 aliphatic carbocycles. The summed E-state index contributed by atoms with van der Waals surface area (Å²) in [6, 6.07) is 17.6. The lowest BCUT2D eigenvalue weighted by Crippen LogP contribution is -2.35. The normalized spacial score (nSPS) is 10.2. The van der Waals surface area contributed by atoms with E-state index in [4.69, 9.17) is 4.74 Å². The molecule has 0 spiro atoms. The van der Waals surface area contributed by atoms with Crippen molar-refractivity contribution in [3.05, 3.63) is 83.8 Å². The molecule has 0 bridgehead atoms. The number of rotatable bonds is 9. The number of ether oxygens (including phenoxy) is 1. The van der Waals surface area contributed by atoms with Crippen LogP contribution in [-0.2, 0) is 11.4 Å². The Kier molecular flexibility index (Phi) is 7.85. The van der Waals surface area contributed by atoms with Crippen molar-refractivity contribution in [2.24, 2.45) is 0 Å². The summed E-state index contributed by atoms with van der Waals surface area (Å²) in [6.07, 6.45) is 1.27. The number of aromatic nitrogens is 2. The molecule has 0 fully saturated rings. The monoisotopic (exact) mass is 433 g/mol. The van der Waals surface area contributed by atoms with Crippen LogP contribution in [0.4, 0.5) is 5.69 Å². The zero-order chi connectivity index (χ0) is 22.8. The standard InChI is InChI=1S/C23H23N5O4/c1-16(29)28-19-9-7-18(8-10-19)22(30)24-11-12-25-23(31)20-13-21(27-15-26-20)32-14-17-5-3-2-4-6-17/h2-10,13,15H,11-12,14H2,1H3,(H,24,30)(H,25,31)(H,28,29). The van der Waals surface area contributed by atoms with Gasteiger partial charge in [-0.25, -0.2) is 9.97 Å². The second-order valence-corrected chi connectivity index (χ2v) is 6.79. The van der Waals surface area contributed by atoms with Gasteiger partial charge in [0.2, 0.25) is 11.8 Å². The molecule has 9 heteroatoms. The van der Waals surface area contributed by atoms with Crippen molar-refractivity contribution in [3.8, 4) is 5.88 Å². The highest BCUT2D eigenvalue weighted by Gasteiger charge is 2.10. The van der Waals surface area contributed by atoms with Gasteiger partial charge in [-0.2, -0.15) is 0 Å². The predicted molar refractivity (Wildman–Crippen MR) is 118 cm³/mol. The average molecular weight is 433 g/mol. The lowest BCUT2D eigenvalue weighted by molar-refractivity contribution is -0.114. The number of carbonyl (C=O) groups excluding carboxylic acids is 3. The maximum Gasteiger partial charge on any atom is 0.270 e. The number of amides is 3. The fraction of sp³-hybridized carbons (Fsp3) is 0.174. The van der Waals surface area contributed by atoms with Crippen molar-refractivity contribution < 1.29 is 19.1 Å². The summed E-state index contributed by atoms with van der Waals surface area (Å²) in [7, 11) is 0. The second-order valence-electron chi connectivity index (χ2n) is 6.79. The van der Waals surface area contributed by atoms with Crippen LogP contribution in [0.3, 0.4) is 0 Å². The van der Waals surface area contributed by atoms with Crippen molar-refractivity contribution in [1.29, 1.82) is 0 Å². The Morgan fingerprint density at radius 1 is 0.875 bits per heavy atom. The Morgan fingerprint density at radius 3 is 2.25 bits per heavy atom. The Balaban J connectivity index is 1.42. The maximum absolute atomic E-state index is 12.3. The molecule has 3 aromatic rings. The second kappa shape index (κ2) is 11.2. The highest BCUT2D eigenvalue weighted by molar-refractivity contribution is 5.95. The molecule has 0 saturated heterocycles. The lowest BCUT2D eigenvalue weighted by Gasteiger charge is -2.09. The first-order valence-electron chi connectivity index (χ1n) is 9.94. The summed E-state index contributed by atoms with van der Waals surface area (Å²) in [5.41, 5.74) is 2.21. The molecule has 0 unspecified atom stereocenters. The van der Waals surface area contributed by atoms with E-state index in [-0.39, 0.29) is 30.6 Å². The van der Waals surface area contributed by atoms with Gasteiger partial charge in [-0.15, -0.1) is 0 Å². The van der Waals surface area contributed by atoms with Crippen molar-refractivity contribution in [1.82, 2.24) is 20.6 Å². The number of anilines is 1. The van der Waals surface area contributed by atoms with Crippen LogP contribution in [0.25, 0.3) is 0 Å². The maximum atomic E-state index is 12.3. The Labute approximate surface area is 185 Å². The van der Waals surface area contributed by atoms with Crippen LogP contribution in [0.1, 0.15) is 33.3 Å². The summed E-state index contributed by atoms with van der Waals surface area (Å²) < 4.78 is 5.61. The highest BCUT2D eigenvalue weighted by atomic mass is 16.5. The van der Waals surface area contributed by atoms with E-state index in [1.807, 2.05) is 30.3 Å². The van der Waals surface area contributed by atoms with Crippen LogP contribution in [-0.4, -0.2) is 40.8 Å². The van der Waals surface area contributed by atoms with Crippen LogP contribution in [0.15, 0.2) is 67.0 Å². The summed E-state index contributed by atoms with van der Waals surface area (Å²) in [5, 5.41) is 8.04. The van der Waals surface area contributed by atoms with E-state index in [1.165, 1.54) is 19.3 Å². The first-order chi connectivity index (χ1) is 15.5. The largest absolute Gasteiger partial charge is 0.473 e. The minimum atomic E-state index is -0.397. The molecule has 0 aliphatic heterocycles. The first kappa shape index (κ1) is 22.4. The van der Waals surface area contributed by atoms with E-state index in [0.29, 0.717) is 23.7 Å². The van der Waals surface area contributed by atoms with E-state index >= 15 is 0 Å². The summed E-state index contributed by atoms with van der Waals surface area (Å²) >= 11 is 0. The quantitative estimate of drug-likeness (QED) is 0.445. The van der Waals surface area contributed by atoms with E-state index < -0.39 is 5.91 Å². The topological polar surface area (TPSA) is 122 Å². The van der Waals surface area contributed by atoms with Gasteiger partial charge in [0.25, 0.3) is 11.8 Å². The molecule has 2 aromatic carbocycles. The van der Waals surface area contributed by atoms with E-state index in [1.54, 1.807) is 24.3 Å². The molecular weight excluding hydrogens is 410 g/mol. The lowest BCUT2D eigenvalue weighted by atomic mass is 10.2. The van der Waals surface area contributed by atoms with Gasteiger partial charge in [-0.05, 0) is 29.8 Å². The van der Waals surface area contributed by atoms with Gasteiger partial charge >= 0.3 is 0 Å². The summed E-state index contributed by atoms with van der Waals surface area (Å²) in [6.45, 7) is 2.20. The van der Waals surface area contributed by atoms with Gasteiger partial charge < -0.3 is 20.7 Å². The molecule has 0 aliphatic rings. The van der Waals surface area contributed by atoms with Crippen LogP contribution in [0.5, 0.6) is 5.88 Å². The minimum absolute atomic E-state index is 0.169. The van der Waals surface area contributed by atoms with Crippen LogP contribution < -0.4 is 20.7 Å². The molecule has 3 N–H and O–H groups in total. The average Bonchev–Trinajstić information content (AvgIpc) is 2.81. The molecule has 1 heterocycles. The van der Waals surface area contributed by atoms with Gasteiger partial charge in [-0.3, -0.25) is 14.4 Å². The predicted octanol–water partition coefficient (Wildman–Crippen LogP) is 2.17. The molecule has 3 amide bonds. The molecule has 1 aromatic heterocycles. The molecule has 0 radical (unpaired) electrons. The third-order valence-electron chi connectivity index (χ3n) is 4.27. The molecule has 9 nitrogen and oxygen atoms in total. The van der Waals surface area contributed by atoms with Gasteiger partial charge in [0.15, 0.2) is 0 Å². The molecule has 3 rings (SSSR count). The molecule has 32 heavy (non-hydrogen) atoms. The van der Waals surface area contributed by atoms with Gasteiger partial charge in [0, 0.05) is 37.3 Å². The third-order valence-corrected chi connectivity index (χ3v) is 4.27. The van der Waals surface area contributed by atoms with Crippen molar-refractivity contribution in [2.75, 3.05) is 18.4 Å². The zero-order valence-electron chi connectivity index (χ0n) is 17.5. The number of hydrogen-bond donors (Lipinski definition) is 3. The van der Waals surface area contributed by atoms with Crippen LogP contribution in [0.2, 0.25) is 0 Å². The summed E-state index contributed by atoms with van der Waals surface area (Å²) in [4.78, 5) is 43.5. The van der Waals surface area contributed by atoms with E-state index in [0.717, 1.165) is 5.56 Å². The molecular formula is C23H23N5O4. The Hall–Kier alpha value is -4.27. The van der Waals surface area contributed by atoms with Gasteiger partial charge in [-0.1, -0.05) is 30.3 Å². The van der Waals surface area contributed by atoms with Crippen LogP contribution in [0, 0.1) is 0 Å². The number of carbonyl (C=O) groups is 3. The Morgan fingerprint density at radius 2 is 1.56 bits per heavy atom. The molecule has 0 saturated carbocycles. The zero-order valence-corrected chi connectivity index (χ0v) is 17.5. The SMILES string of the molecule is CC(=O)Nc1ccc(C(=O)NCCNC(=O)c2cc(OCc3ccccc3)ncn2)cc1. The fourth-order valence-electron chi connectivity index (χ4n) is 2.73. The van der Waals surface area contributed by atoms with Crippen molar-refractivity contribution in [2.45, 2.75) is 13.5 Å². The Bertz CT molecular complexity index is 1070. The number of hydrogen-bond acceptors (Lipinski definition) is 6. The van der Waals surface area contributed by atoms with Gasteiger partial charge in [0.1, 0.15) is 18.6 Å². The third kappa shape index (κ3) is 6.91. The van der Waals surface area contributed by atoms with E-state index in [2.05, 4.69) is 25.9 Å². The number of nitrogens with zero attached hydrogens (tertiary/aromatic N) is 2. The fourth-order valence-corrected chi connectivity index (χ4v) is 2.73. The van der Waals surface area contributed by atoms with E-state index in [9.17, 15) is 14.4 Å². The van der Waals surface area contributed by atoms with Crippen molar-refractivity contribution in [3.63, 3.8) is 0 Å². The number of nitrogens with one attached hydrogen (secondary N) is 3. The van der Waals surface area contributed by atoms with Crippen molar-refractivity contribution >= 4 is 23.4 Å². The number of benzene rings is 2. The van der Waals surface area contributed by atoms with Crippen LogP contribution >= 0.6 is 0 Å². The van der Waals surface area contributed by atoms with Gasteiger partial charge in [0.05, 0.1) is 0 Å². The molecule has 0 atom stereocenters. The summed E-state index contributed by atoms with van der Waals surface area (Å²) in [5.74, 6) is -0.570.